The summed E-state index contributed by atoms with van der Waals surface area (Å²) < 4.78 is 1.74. The molecule has 0 unspecified atom stereocenters. The summed E-state index contributed by atoms with van der Waals surface area (Å²) in [6.45, 7) is 4.16. The third-order valence-electron chi connectivity index (χ3n) is 5.09. The first-order valence-corrected chi connectivity index (χ1v) is 8.83. The lowest BCUT2D eigenvalue weighted by Crippen LogP contribution is -2.48. The normalized spacial score (nSPS) is 25.8. The molecule has 1 aliphatic carbocycles. The highest BCUT2D eigenvalue weighted by molar-refractivity contribution is 5.93. The van der Waals surface area contributed by atoms with Crippen LogP contribution in [-0.4, -0.2) is 45.6 Å². The van der Waals surface area contributed by atoms with Gasteiger partial charge in [-0.15, -0.1) is 0 Å². The molecule has 23 heavy (non-hydrogen) atoms. The average molecular weight is 318 g/mol. The second-order valence-corrected chi connectivity index (χ2v) is 6.49. The highest BCUT2D eigenvalue weighted by Gasteiger charge is 2.39. The van der Waals surface area contributed by atoms with E-state index in [0.29, 0.717) is 12.2 Å². The minimum Gasteiger partial charge on any atom is -0.356 e. The fourth-order valence-electron chi connectivity index (χ4n) is 3.88. The molecule has 2 fully saturated rings. The predicted molar refractivity (Wildman–Crippen MR) is 86.9 cm³/mol. The first-order valence-electron chi connectivity index (χ1n) is 8.83. The highest BCUT2D eigenvalue weighted by atomic mass is 16.2. The van der Waals surface area contributed by atoms with E-state index in [0.717, 1.165) is 51.6 Å². The molecular formula is C17H26N4O2. The van der Waals surface area contributed by atoms with Crippen LogP contribution in [0.15, 0.2) is 12.3 Å². The molecule has 3 rings (SSSR count). The van der Waals surface area contributed by atoms with Gasteiger partial charge in [0.2, 0.25) is 5.91 Å². The van der Waals surface area contributed by atoms with Crippen molar-refractivity contribution >= 4 is 11.8 Å². The van der Waals surface area contributed by atoms with Crippen molar-refractivity contribution in [1.82, 2.24) is 20.0 Å². The predicted octanol–water partition coefficient (Wildman–Crippen LogP) is 1.81. The fraction of sp³-hybridized carbons (Fsp3) is 0.706. The number of nitrogens with one attached hydrogen (secondary N) is 1. The zero-order chi connectivity index (χ0) is 16.2. The summed E-state index contributed by atoms with van der Waals surface area (Å²) in [4.78, 5) is 27.5. The minimum atomic E-state index is -0.0601. The van der Waals surface area contributed by atoms with E-state index in [-0.39, 0.29) is 23.8 Å². The second kappa shape index (κ2) is 7.15. The summed E-state index contributed by atoms with van der Waals surface area (Å²) in [5.74, 6) is 0.0841. The molecule has 1 aromatic rings. The lowest BCUT2D eigenvalue weighted by molar-refractivity contribution is -0.126. The summed E-state index contributed by atoms with van der Waals surface area (Å²) in [5, 5.41) is 7.26. The molecule has 126 valence electrons. The van der Waals surface area contributed by atoms with Crippen molar-refractivity contribution in [1.29, 1.82) is 0 Å². The Balaban J connectivity index is 1.86. The molecule has 2 aliphatic rings. The van der Waals surface area contributed by atoms with Gasteiger partial charge >= 0.3 is 0 Å². The van der Waals surface area contributed by atoms with Gasteiger partial charge in [-0.3, -0.25) is 14.3 Å². The molecule has 2 atom stereocenters. The van der Waals surface area contributed by atoms with Crippen LogP contribution in [0.1, 0.15) is 55.9 Å². The molecule has 1 aliphatic heterocycles. The van der Waals surface area contributed by atoms with Gasteiger partial charge < -0.3 is 10.2 Å². The summed E-state index contributed by atoms with van der Waals surface area (Å²) in [6.07, 6.45) is 7.51. The topological polar surface area (TPSA) is 67.2 Å². The summed E-state index contributed by atoms with van der Waals surface area (Å²) in [7, 11) is 0. The molecular weight excluding hydrogens is 292 g/mol. The number of carbonyl (C=O) groups excluding carboxylic acids is 2. The fourth-order valence-corrected chi connectivity index (χ4v) is 3.88. The number of rotatable bonds is 2. The monoisotopic (exact) mass is 318 g/mol. The van der Waals surface area contributed by atoms with E-state index in [1.165, 1.54) is 0 Å². The van der Waals surface area contributed by atoms with Crippen molar-refractivity contribution in [3.8, 4) is 0 Å². The molecule has 2 heterocycles. The highest BCUT2D eigenvalue weighted by Crippen LogP contribution is 2.32. The molecule has 6 heteroatoms. The van der Waals surface area contributed by atoms with Crippen molar-refractivity contribution in [3.05, 3.63) is 18.0 Å². The van der Waals surface area contributed by atoms with Crippen molar-refractivity contribution in [3.63, 3.8) is 0 Å². The van der Waals surface area contributed by atoms with Crippen LogP contribution >= 0.6 is 0 Å². The van der Waals surface area contributed by atoms with Crippen molar-refractivity contribution in [2.75, 3.05) is 13.1 Å². The van der Waals surface area contributed by atoms with Crippen molar-refractivity contribution in [2.45, 2.75) is 58.0 Å². The number of hydrogen-bond acceptors (Lipinski definition) is 3. The van der Waals surface area contributed by atoms with Gasteiger partial charge in [0.15, 0.2) is 0 Å². The second-order valence-electron chi connectivity index (χ2n) is 6.49. The molecule has 0 bridgehead atoms. The van der Waals surface area contributed by atoms with E-state index >= 15 is 0 Å². The lowest BCUT2D eigenvalue weighted by Gasteiger charge is -2.33. The third-order valence-corrected chi connectivity index (χ3v) is 5.09. The van der Waals surface area contributed by atoms with Crippen LogP contribution in [-0.2, 0) is 11.3 Å². The number of aryl methyl sites for hydroxylation is 1. The zero-order valence-electron chi connectivity index (χ0n) is 13.8. The Bertz CT molecular complexity index is 569. The zero-order valence-corrected chi connectivity index (χ0v) is 13.8. The molecule has 1 N–H and O–H groups in total. The van der Waals surface area contributed by atoms with Crippen LogP contribution in [0.3, 0.4) is 0 Å². The Morgan fingerprint density at radius 3 is 3.00 bits per heavy atom. The van der Waals surface area contributed by atoms with Gasteiger partial charge in [-0.05, 0) is 45.1 Å². The van der Waals surface area contributed by atoms with E-state index in [1.54, 1.807) is 16.9 Å². The standard InChI is InChI=1S/C17H26N4O2/c1-2-21-15(9-11-19-21)17(23)20-12-5-3-4-10-18-16(22)13-7-6-8-14(13)20/h9,11,13-14H,2-8,10,12H2,1H3,(H,18,22)/t13-,14+/m1/s1. The maximum absolute atomic E-state index is 13.1. The van der Waals surface area contributed by atoms with Crippen LogP contribution in [0.25, 0.3) is 0 Å². The lowest BCUT2D eigenvalue weighted by atomic mass is 9.99. The van der Waals surface area contributed by atoms with Crippen LogP contribution in [0.2, 0.25) is 0 Å². The van der Waals surface area contributed by atoms with E-state index in [4.69, 9.17) is 0 Å². The first-order chi connectivity index (χ1) is 11.2. The van der Waals surface area contributed by atoms with Gasteiger partial charge in [-0.1, -0.05) is 6.42 Å². The third kappa shape index (κ3) is 3.26. The Hall–Kier alpha value is -1.85. The minimum absolute atomic E-state index is 0.0228. The smallest absolute Gasteiger partial charge is 0.272 e. The van der Waals surface area contributed by atoms with Gasteiger partial charge in [0.25, 0.3) is 5.91 Å². The number of fused-ring (bicyclic) bond motifs is 1. The number of carbonyl (C=O) groups is 2. The van der Waals surface area contributed by atoms with Crippen molar-refractivity contribution in [2.24, 2.45) is 5.92 Å². The molecule has 0 aromatic carbocycles. The maximum Gasteiger partial charge on any atom is 0.272 e. The van der Waals surface area contributed by atoms with Gasteiger partial charge in [0.05, 0.1) is 5.92 Å². The van der Waals surface area contributed by atoms with Gasteiger partial charge in [0, 0.05) is 31.9 Å². The molecule has 0 spiro atoms. The molecule has 1 saturated carbocycles. The van der Waals surface area contributed by atoms with E-state index < -0.39 is 0 Å². The first kappa shape index (κ1) is 16.0. The molecule has 1 saturated heterocycles. The van der Waals surface area contributed by atoms with E-state index in [2.05, 4.69) is 10.4 Å². The molecule has 6 nitrogen and oxygen atoms in total. The SMILES string of the molecule is CCn1nccc1C(=O)N1CCCCCNC(=O)[C@@H]2CCC[C@@H]21. The summed E-state index contributed by atoms with van der Waals surface area (Å²) >= 11 is 0. The number of hydrogen-bond donors (Lipinski definition) is 1. The van der Waals surface area contributed by atoms with Crippen LogP contribution in [0, 0.1) is 5.92 Å². The van der Waals surface area contributed by atoms with Gasteiger partial charge in [0.1, 0.15) is 5.69 Å². The maximum atomic E-state index is 13.1. The molecule has 1 aromatic heterocycles. The Labute approximate surface area is 137 Å². The van der Waals surface area contributed by atoms with Crippen LogP contribution < -0.4 is 5.32 Å². The Morgan fingerprint density at radius 1 is 1.30 bits per heavy atom. The average Bonchev–Trinajstić information content (AvgIpc) is 3.22. The number of amides is 2. The summed E-state index contributed by atoms with van der Waals surface area (Å²) in [5.41, 5.74) is 0.635. The summed E-state index contributed by atoms with van der Waals surface area (Å²) in [6, 6.07) is 1.81. The van der Waals surface area contributed by atoms with E-state index in [9.17, 15) is 9.59 Å². The quantitative estimate of drug-likeness (QED) is 0.904. The Morgan fingerprint density at radius 2 is 2.17 bits per heavy atom. The molecule has 0 radical (unpaired) electrons. The van der Waals surface area contributed by atoms with Crippen LogP contribution in [0.5, 0.6) is 0 Å². The van der Waals surface area contributed by atoms with Crippen molar-refractivity contribution < 1.29 is 9.59 Å². The van der Waals surface area contributed by atoms with Gasteiger partial charge in [-0.25, -0.2) is 0 Å². The van der Waals surface area contributed by atoms with E-state index in [1.807, 2.05) is 11.8 Å². The van der Waals surface area contributed by atoms with Gasteiger partial charge in [-0.2, -0.15) is 5.10 Å². The largest absolute Gasteiger partial charge is 0.356 e. The van der Waals surface area contributed by atoms with Crippen LogP contribution in [0.4, 0.5) is 0 Å². The number of aromatic nitrogens is 2. The molecule has 2 amide bonds. The Kier molecular flexibility index (Phi) is 4.98. The number of nitrogens with zero attached hydrogens (tertiary/aromatic N) is 3.